The molecule has 3 aromatic rings. The zero-order chi connectivity index (χ0) is 21.5. The molecular formula is C26H26F2O2. The molecular weight excluding hydrogens is 382 g/mol. The van der Waals surface area contributed by atoms with Crippen molar-refractivity contribution in [3.8, 4) is 5.75 Å². The lowest BCUT2D eigenvalue weighted by Crippen LogP contribution is -2.00. The number of aryl methyl sites for hydroxylation is 2. The van der Waals surface area contributed by atoms with E-state index in [2.05, 4.69) is 0 Å². The summed E-state index contributed by atoms with van der Waals surface area (Å²) in [4.78, 5) is 0. The number of rotatable bonds is 8. The Hall–Kier alpha value is -2.98. The van der Waals surface area contributed by atoms with Gasteiger partial charge in [0.15, 0.2) is 11.6 Å². The van der Waals surface area contributed by atoms with E-state index < -0.39 is 11.6 Å². The molecule has 0 saturated heterocycles. The van der Waals surface area contributed by atoms with Crippen LogP contribution in [0.1, 0.15) is 40.7 Å². The Morgan fingerprint density at radius 3 is 2.43 bits per heavy atom. The van der Waals surface area contributed by atoms with Crippen LogP contribution in [0.2, 0.25) is 0 Å². The average Bonchev–Trinajstić information content (AvgIpc) is 2.75. The number of allylic oxidation sites excluding steroid dienone is 1. The van der Waals surface area contributed by atoms with Crippen molar-refractivity contribution in [3.63, 3.8) is 0 Å². The lowest BCUT2D eigenvalue weighted by Gasteiger charge is -2.12. The SMILES string of the molecule is Cc1ccc(C=C(CCCOc2ccc(CO)cc2)c2cccc(F)c2F)cc1C. The van der Waals surface area contributed by atoms with E-state index in [1.807, 2.05) is 62.4 Å². The number of benzene rings is 3. The predicted octanol–water partition coefficient (Wildman–Crippen LogP) is 6.47. The Morgan fingerprint density at radius 1 is 0.967 bits per heavy atom. The van der Waals surface area contributed by atoms with Gasteiger partial charge in [0.1, 0.15) is 5.75 Å². The highest BCUT2D eigenvalue weighted by Crippen LogP contribution is 2.27. The van der Waals surface area contributed by atoms with Gasteiger partial charge >= 0.3 is 0 Å². The zero-order valence-corrected chi connectivity index (χ0v) is 17.3. The molecule has 0 spiro atoms. The predicted molar refractivity (Wildman–Crippen MR) is 117 cm³/mol. The lowest BCUT2D eigenvalue weighted by atomic mass is 9.96. The summed E-state index contributed by atoms with van der Waals surface area (Å²) >= 11 is 0. The molecule has 30 heavy (non-hydrogen) atoms. The first-order valence-corrected chi connectivity index (χ1v) is 10.0. The van der Waals surface area contributed by atoms with Crippen LogP contribution in [0.3, 0.4) is 0 Å². The number of halogens is 2. The molecule has 0 aliphatic heterocycles. The van der Waals surface area contributed by atoms with E-state index in [4.69, 9.17) is 9.84 Å². The van der Waals surface area contributed by atoms with Gasteiger partial charge in [-0.05, 0) is 72.7 Å². The maximum absolute atomic E-state index is 14.5. The summed E-state index contributed by atoms with van der Waals surface area (Å²) in [7, 11) is 0. The Kier molecular flexibility index (Phi) is 7.36. The van der Waals surface area contributed by atoms with Gasteiger partial charge in [0, 0.05) is 5.56 Å². The third kappa shape index (κ3) is 5.55. The van der Waals surface area contributed by atoms with Gasteiger partial charge in [0.05, 0.1) is 13.2 Å². The summed E-state index contributed by atoms with van der Waals surface area (Å²) in [6.07, 6.45) is 3.11. The van der Waals surface area contributed by atoms with Crippen molar-refractivity contribution in [2.24, 2.45) is 0 Å². The second kappa shape index (κ2) is 10.2. The molecule has 0 unspecified atom stereocenters. The summed E-state index contributed by atoms with van der Waals surface area (Å²) in [5, 5.41) is 9.10. The second-order valence-corrected chi connectivity index (χ2v) is 7.37. The number of hydrogen-bond acceptors (Lipinski definition) is 2. The maximum atomic E-state index is 14.5. The summed E-state index contributed by atoms with van der Waals surface area (Å²) < 4.78 is 34.1. The summed E-state index contributed by atoms with van der Waals surface area (Å²) in [6, 6.07) is 17.6. The van der Waals surface area contributed by atoms with Gasteiger partial charge in [-0.15, -0.1) is 0 Å². The molecule has 0 fully saturated rings. The average molecular weight is 408 g/mol. The van der Waals surface area contributed by atoms with Gasteiger partial charge in [-0.3, -0.25) is 0 Å². The molecule has 3 aromatic carbocycles. The minimum Gasteiger partial charge on any atom is -0.494 e. The summed E-state index contributed by atoms with van der Waals surface area (Å²) in [5.74, 6) is -0.962. The van der Waals surface area contributed by atoms with Crippen molar-refractivity contribution in [2.75, 3.05) is 6.61 Å². The van der Waals surface area contributed by atoms with Crippen molar-refractivity contribution in [1.82, 2.24) is 0 Å². The van der Waals surface area contributed by atoms with Gasteiger partial charge in [0.25, 0.3) is 0 Å². The molecule has 0 amide bonds. The van der Waals surface area contributed by atoms with Crippen LogP contribution in [0.4, 0.5) is 8.78 Å². The quantitative estimate of drug-likeness (QED) is 0.342. The van der Waals surface area contributed by atoms with E-state index >= 15 is 0 Å². The zero-order valence-electron chi connectivity index (χ0n) is 17.3. The third-order valence-electron chi connectivity index (χ3n) is 5.13. The molecule has 156 valence electrons. The number of ether oxygens (including phenoxy) is 1. The van der Waals surface area contributed by atoms with Crippen LogP contribution in [-0.2, 0) is 6.61 Å². The normalized spacial score (nSPS) is 11.6. The van der Waals surface area contributed by atoms with Crippen LogP contribution in [0, 0.1) is 25.5 Å². The largest absolute Gasteiger partial charge is 0.494 e. The number of aliphatic hydroxyl groups excluding tert-OH is 1. The minimum atomic E-state index is -0.848. The van der Waals surface area contributed by atoms with Crippen LogP contribution in [-0.4, -0.2) is 11.7 Å². The van der Waals surface area contributed by atoms with Crippen LogP contribution in [0.15, 0.2) is 60.7 Å². The molecule has 0 aromatic heterocycles. The van der Waals surface area contributed by atoms with Gasteiger partial charge in [0.2, 0.25) is 0 Å². The van der Waals surface area contributed by atoms with Crippen molar-refractivity contribution >= 4 is 11.6 Å². The van der Waals surface area contributed by atoms with E-state index in [1.54, 1.807) is 6.07 Å². The van der Waals surface area contributed by atoms with Crippen LogP contribution >= 0.6 is 0 Å². The van der Waals surface area contributed by atoms with Crippen molar-refractivity contribution in [1.29, 1.82) is 0 Å². The third-order valence-corrected chi connectivity index (χ3v) is 5.13. The molecule has 0 aliphatic carbocycles. The highest BCUT2D eigenvalue weighted by Gasteiger charge is 2.12. The molecule has 0 heterocycles. The molecule has 0 bridgehead atoms. The van der Waals surface area contributed by atoms with Crippen LogP contribution < -0.4 is 4.74 Å². The fourth-order valence-corrected chi connectivity index (χ4v) is 3.24. The van der Waals surface area contributed by atoms with Crippen molar-refractivity contribution in [3.05, 3.63) is 100 Å². The van der Waals surface area contributed by atoms with Crippen LogP contribution in [0.5, 0.6) is 5.75 Å². The summed E-state index contributed by atoms with van der Waals surface area (Å²) in [5.41, 5.74) is 5.12. The smallest absolute Gasteiger partial charge is 0.166 e. The molecule has 3 rings (SSSR count). The first-order chi connectivity index (χ1) is 14.5. The van der Waals surface area contributed by atoms with Gasteiger partial charge in [-0.2, -0.15) is 0 Å². The standard InChI is InChI=1S/C26H26F2O2/c1-18-8-9-21(15-19(18)2)16-22(24-6-3-7-25(27)26(24)28)5-4-14-30-23-12-10-20(17-29)11-13-23/h3,6-13,15-16,29H,4-5,14,17H2,1-2H3. The number of aliphatic hydroxyl groups is 1. The van der Waals surface area contributed by atoms with E-state index in [1.165, 1.54) is 11.6 Å². The maximum Gasteiger partial charge on any atom is 0.166 e. The molecule has 0 saturated carbocycles. The molecule has 0 atom stereocenters. The Labute approximate surface area is 176 Å². The van der Waals surface area contributed by atoms with E-state index in [0.717, 1.165) is 28.3 Å². The Morgan fingerprint density at radius 2 is 1.73 bits per heavy atom. The van der Waals surface area contributed by atoms with Crippen LogP contribution in [0.25, 0.3) is 11.6 Å². The fourth-order valence-electron chi connectivity index (χ4n) is 3.24. The van der Waals surface area contributed by atoms with Gasteiger partial charge in [-0.1, -0.05) is 48.5 Å². The second-order valence-electron chi connectivity index (χ2n) is 7.37. The lowest BCUT2D eigenvalue weighted by molar-refractivity contribution is 0.281. The van der Waals surface area contributed by atoms with Gasteiger partial charge in [-0.25, -0.2) is 8.78 Å². The molecule has 2 nitrogen and oxygen atoms in total. The van der Waals surface area contributed by atoms with Crippen molar-refractivity contribution in [2.45, 2.75) is 33.3 Å². The topological polar surface area (TPSA) is 29.5 Å². The Bertz CT molecular complexity index is 1020. The molecule has 4 heteroatoms. The minimum absolute atomic E-state index is 0.00782. The molecule has 1 N–H and O–H groups in total. The Balaban J connectivity index is 1.76. The van der Waals surface area contributed by atoms with Crippen molar-refractivity contribution < 1.29 is 18.6 Å². The highest BCUT2D eigenvalue weighted by atomic mass is 19.2. The first-order valence-electron chi connectivity index (χ1n) is 10.0. The molecule has 0 radical (unpaired) electrons. The first kappa shape index (κ1) is 21.7. The van der Waals surface area contributed by atoms with E-state index in [9.17, 15) is 8.78 Å². The highest BCUT2D eigenvalue weighted by molar-refractivity contribution is 5.82. The number of hydrogen-bond donors (Lipinski definition) is 1. The van der Waals surface area contributed by atoms with Gasteiger partial charge < -0.3 is 9.84 Å². The fraction of sp³-hybridized carbons (Fsp3) is 0.231. The molecule has 0 aliphatic rings. The van der Waals surface area contributed by atoms with E-state index in [-0.39, 0.29) is 12.2 Å². The monoisotopic (exact) mass is 408 g/mol. The van der Waals surface area contributed by atoms with E-state index in [0.29, 0.717) is 25.2 Å². The summed E-state index contributed by atoms with van der Waals surface area (Å²) in [6.45, 7) is 4.51.